The first-order valence-corrected chi connectivity index (χ1v) is 10.1. The van der Waals surface area contributed by atoms with Crippen molar-refractivity contribution in [3.8, 4) is 5.88 Å². The molecule has 1 aromatic heterocycles. The Balaban J connectivity index is 1.48. The topological polar surface area (TPSA) is 142 Å². The predicted molar refractivity (Wildman–Crippen MR) is 109 cm³/mol. The standard InChI is InChI=1S/C21H26N4O5/c1-12(19(27)22-11-13-6-8-14(9-7-13)21(29)30)23-18(26)10-17-15-4-2-3-5-16(15)20(28)25-24-17/h2-5,12-14H,6-11H2,1H3,(H,22,27)(H,23,26)(H,25,28)(H,29,30)/t12-,13?,14?/m0/s1. The van der Waals surface area contributed by atoms with Crippen molar-refractivity contribution in [3.05, 3.63) is 30.0 Å². The van der Waals surface area contributed by atoms with E-state index >= 15 is 0 Å². The van der Waals surface area contributed by atoms with Crippen molar-refractivity contribution in [3.63, 3.8) is 0 Å². The molecule has 0 saturated heterocycles. The van der Waals surface area contributed by atoms with Gasteiger partial charge in [-0.25, -0.2) is 0 Å². The number of nitrogens with zero attached hydrogens (tertiary/aromatic N) is 2. The van der Waals surface area contributed by atoms with Crippen molar-refractivity contribution in [1.82, 2.24) is 20.8 Å². The first kappa shape index (κ1) is 21.5. The van der Waals surface area contributed by atoms with Crippen LogP contribution in [0.5, 0.6) is 5.88 Å². The minimum atomic E-state index is -0.750. The van der Waals surface area contributed by atoms with Gasteiger partial charge in [-0.3, -0.25) is 14.4 Å². The molecule has 1 fully saturated rings. The predicted octanol–water partition coefficient (Wildman–Crippen LogP) is 1.39. The molecule has 1 saturated carbocycles. The number of aromatic hydroxyl groups is 1. The second-order valence-corrected chi connectivity index (χ2v) is 7.78. The molecule has 0 radical (unpaired) electrons. The Hall–Kier alpha value is -3.23. The first-order valence-electron chi connectivity index (χ1n) is 10.1. The summed E-state index contributed by atoms with van der Waals surface area (Å²) in [6.45, 7) is 2.08. The summed E-state index contributed by atoms with van der Waals surface area (Å²) in [7, 11) is 0. The zero-order valence-electron chi connectivity index (χ0n) is 16.8. The zero-order valence-corrected chi connectivity index (χ0v) is 16.8. The second kappa shape index (κ2) is 9.51. The van der Waals surface area contributed by atoms with Gasteiger partial charge in [0.05, 0.1) is 18.0 Å². The fraction of sp³-hybridized carbons (Fsp3) is 0.476. The lowest BCUT2D eigenvalue weighted by molar-refractivity contribution is -0.143. The SMILES string of the molecule is C[C@H](NC(=O)Cc1nnc(O)c2ccccc12)C(=O)NCC1CCC(C(=O)O)CC1. The van der Waals surface area contributed by atoms with Gasteiger partial charge in [0, 0.05) is 17.3 Å². The molecule has 3 rings (SSSR count). The van der Waals surface area contributed by atoms with E-state index in [0.717, 1.165) is 12.8 Å². The molecule has 2 amide bonds. The molecular formula is C21H26N4O5. The molecule has 0 spiro atoms. The van der Waals surface area contributed by atoms with Gasteiger partial charge in [-0.2, -0.15) is 5.10 Å². The summed E-state index contributed by atoms with van der Waals surface area (Å²) < 4.78 is 0. The van der Waals surface area contributed by atoms with E-state index in [-0.39, 0.29) is 36.0 Å². The minimum absolute atomic E-state index is 0.0649. The lowest BCUT2D eigenvalue weighted by atomic mass is 9.82. The van der Waals surface area contributed by atoms with Crippen LogP contribution < -0.4 is 10.6 Å². The fourth-order valence-corrected chi connectivity index (χ4v) is 3.80. The molecule has 1 aromatic carbocycles. The number of benzene rings is 1. The molecule has 160 valence electrons. The van der Waals surface area contributed by atoms with Crippen molar-refractivity contribution >= 4 is 28.6 Å². The van der Waals surface area contributed by atoms with Gasteiger partial charge in [-0.1, -0.05) is 18.2 Å². The van der Waals surface area contributed by atoms with Gasteiger partial charge in [0.2, 0.25) is 17.7 Å². The van der Waals surface area contributed by atoms with Crippen LogP contribution in [0.1, 0.15) is 38.3 Å². The number of aliphatic carboxylic acids is 1. The van der Waals surface area contributed by atoms with Gasteiger partial charge >= 0.3 is 5.97 Å². The van der Waals surface area contributed by atoms with Crippen molar-refractivity contribution in [1.29, 1.82) is 0 Å². The van der Waals surface area contributed by atoms with Crippen LogP contribution in [0.3, 0.4) is 0 Å². The highest BCUT2D eigenvalue weighted by atomic mass is 16.4. The lowest BCUT2D eigenvalue weighted by Crippen LogP contribution is -2.46. The number of carboxylic acid groups (broad SMARTS) is 1. The quantitative estimate of drug-likeness (QED) is 0.536. The van der Waals surface area contributed by atoms with Crippen LogP contribution in [-0.2, 0) is 20.8 Å². The summed E-state index contributed by atoms with van der Waals surface area (Å²) in [5, 5.41) is 33.1. The summed E-state index contributed by atoms with van der Waals surface area (Å²) in [5.74, 6) is -1.63. The molecule has 0 unspecified atom stereocenters. The van der Waals surface area contributed by atoms with Crippen LogP contribution in [0.15, 0.2) is 24.3 Å². The van der Waals surface area contributed by atoms with Crippen molar-refractivity contribution in [2.45, 2.75) is 45.1 Å². The highest BCUT2D eigenvalue weighted by Gasteiger charge is 2.26. The van der Waals surface area contributed by atoms with E-state index in [1.807, 2.05) is 0 Å². The van der Waals surface area contributed by atoms with E-state index in [1.165, 1.54) is 0 Å². The number of hydrogen-bond donors (Lipinski definition) is 4. The third-order valence-electron chi connectivity index (χ3n) is 5.60. The lowest BCUT2D eigenvalue weighted by Gasteiger charge is -2.26. The minimum Gasteiger partial charge on any atom is -0.492 e. The largest absolute Gasteiger partial charge is 0.492 e. The number of fused-ring (bicyclic) bond motifs is 1. The molecular weight excluding hydrogens is 388 g/mol. The Morgan fingerprint density at radius 2 is 1.77 bits per heavy atom. The van der Waals surface area contributed by atoms with Crippen LogP contribution >= 0.6 is 0 Å². The van der Waals surface area contributed by atoms with Crippen LogP contribution in [0.2, 0.25) is 0 Å². The van der Waals surface area contributed by atoms with Gasteiger partial charge in [-0.05, 0) is 44.6 Å². The smallest absolute Gasteiger partial charge is 0.306 e. The first-order chi connectivity index (χ1) is 14.3. The summed E-state index contributed by atoms with van der Waals surface area (Å²) in [4.78, 5) is 35.7. The van der Waals surface area contributed by atoms with Gasteiger partial charge in [0.25, 0.3) is 0 Å². The maximum atomic E-state index is 12.4. The van der Waals surface area contributed by atoms with Gasteiger partial charge < -0.3 is 20.8 Å². The number of carbonyl (C=O) groups excluding carboxylic acids is 2. The molecule has 1 atom stereocenters. The van der Waals surface area contributed by atoms with E-state index in [2.05, 4.69) is 20.8 Å². The Morgan fingerprint density at radius 1 is 1.10 bits per heavy atom. The Kier molecular flexibility index (Phi) is 6.81. The number of rotatable bonds is 7. The zero-order chi connectivity index (χ0) is 21.7. The van der Waals surface area contributed by atoms with Crippen molar-refractivity contribution in [2.75, 3.05) is 6.54 Å². The molecule has 1 aliphatic rings. The fourth-order valence-electron chi connectivity index (χ4n) is 3.80. The van der Waals surface area contributed by atoms with E-state index in [9.17, 15) is 19.5 Å². The summed E-state index contributed by atoms with van der Waals surface area (Å²) >= 11 is 0. The summed E-state index contributed by atoms with van der Waals surface area (Å²) in [6.07, 6.45) is 2.73. The number of amides is 2. The number of aromatic nitrogens is 2. The maximum absolute atomic E-state index is 12.4. The van der Waals surface area contributed by atoms with Crippen molar-refractivity contribution in [2.24, 2.45) is 11.8 Å². The van der Waals surface area contributed by atoms with Crippen LogP contribution in [0.25, 0.3) is 10.8 Å². The number of carboxylic acids is 1. The molecule has 1 aliphatic carbocycles. The van der Waals surface area contributed by atoms with Gasteiger partial charge in [0.15, 0.2) is 0 Å². The number of nitrogens with one attached hydrogen (secondary N) is 2. The Labute approximate surface area is 173 Å². The second-order valence-electron chi connectivity index (χ2n) is 7.78. The molecule has 30 heavy (non-hydrogen) atoms. The van der Waals surface area contributed by atoms with E-state index in [1.54, 1.807) is 31.2 Å². The van der Waals surface area contributed by atoms with Crippen molar-refractivity contribution < 1.29 is 24.6 Å². The highest BCUT2D eigenvalue weighted by Crippen LogP contribution is 2.28. The number of hydrogen-bond acceptors (Lipinski definition) is 6. The number of carbonyl (C=O) groups is 3. The van der Waals surface area contributed by atoms with E-state index in [0.29, 0.717) is 35.9 Å². The van der Waals surface area contributed by atoms with Crippen LogP contribution in [-0.4, -0.2) is 50.8 Å². The average Bonchev–Trinajstić information content (AvgIpc) is 2.74. The van der Waals surface area contributed by atoms with Crippen LogP contribution in [0, 0.1) is 11.8 Å². The average molecular weight is 414 g/mol. The molecule has 9 nitrogen and oxygen atoms in total. The van der Waals surface area contributed by atoms with Gasteiger partial charge in [0.1, 0.15) is 6.04 Å². The van der Waals surface area contributed by atoms with Crippen LogP contribution in [0.4, 0.5) is 0 Å². The third-order valence-corrected chi connectivity index (χ3v) is 5.60. The third kappa shape index (κ3) is 5.22. The molecule has 0 aliphatic heterocycles. The normalized spacial score (nSPS) is 19.8. The monoisotopic (exact) mass is 414 g/mol. The Bertz CT molecular complexity index is 940. The van der Waals surface area contributed by atoms with E-state index < -0.39 is 12.0 Å². The molecule has 4 N–H and O–H groups in total. The van der Waals surface area contributed by atoms with E-state index in [4.69, 9.17) is 5.11 Å². The molecule has 0 bridgehead atoms. The maximum Gasteiger partial charge on any atom is 0.306 e. The summed E-state index contributed by atoms with van der Waals surface area (Å²) in [5.41, 5.74) is 0.420. The molecule has 1 heterocycles. The Morgan fingerprint density at radius 3 is 2.43 bits per heavy atom. The van der Waals surface area contributed by atoms with Gasteiger partial charge in [-0.15, -0.1) is 5.10 Å². The molecule has 2 aromatic rings. The highest BCUT2D eigenvalue weighted by molar-refractivity contribution is 5.93. The summed E-state index contributed by atoms with van der Waals surface area (Å²) in [6, 6.07) is 6.27. The molecule has 9 heteroatoms.